The van der Waals surface area contributed by atoms with E-state index in [1.807, 2.05) is 47.3 Å². The lowest BCUT2D eigenvalue weighted by Gasteiger charge is -2.23. The molecular formula is C19H20N4O2S. The highest BCUT2D eigenvalue weighted by atomic mass is 32.1. The van der Waals surface area contributed by atoms with Crippen LogP contribution in [0.5, 0.6) is 0 Å². The molecule has 4 rings (SSSR count). The molecule has 7 heteroatoms. The summed E-state index contributed by atoms with van der Waals surface area (Å²) in [4.78, 5) is 32.2. The minimum absolute atomic E-state index is 0.0552. The third kappa shape index (κ3) is 2.99. The molecule has 1 aliphatic rings. The molecule has 0 radical (unpaired) electrons. The van der Waals surface area contributed by atoms with Gasteiger partial charge >= 0.3 is 0 Å². The number of thiophene rings is 1. The van der Waals surface area contributed by atoms with Crippen LogP contribution in [0.25, 0.3) is 11.0 Å². The number of hydrogen-bond acceptors (Lipinski definition) is 4. The fourth-order valence-corrected chi connectivity index (χ4v) is 4.14. The Kier molecular flexibility index (Phi) is 4.46. The van der Waals surface area contributed by atoms with Crippen LogP contribution >= 0.6 is 11.3 Å². The van der Waals surface area contributed by atoms with Crippen LogP contribution in [0.3, 0.4) is 0 Å². The van der Waals surface area contributed by atoms with Crippen molar-refractivity contribution in [3.8, 4) is 0 Å². The fraction of sp³-hybridized carbons (Fsp3) is 0.316. The zero-order chi connectivity index (χ0) is 18.1. The third-order valence-electron chi connectivity index (χ3n) is 4.85. The Morgan fingerprint density at radius 1 is 1.27 bits per heavy atom. The van der Waals surface area contributed by atoms with E-state index in [0.29, 0.717) is 24.4 Å². The average Bonchev–Trinajstić information content (AvgIpc) is 3.40. The molecule has 1 unspecified atom stereocenters. The van der Waals surface area contributed by atoms with Gasteiger partial charge in [0.1, 0.15) is 11.9 Å². The number of aromatic nitrogens is 2. The zero-order valence-corrected chi connectivity index (χ0v) is 15.3. The van der Waals surface area contributed by atoms with Crippen LogP contribution in [-0.2, 0) is 18.4 Å². The quantitative estimate of drug-likeness (QED) is 0.770. The Morgan fingerprint density at radius 2 is 2.12 bits per heavy atom. The van der Waals surface area contributed by atoms with Gasteiger partial charge in [0.2, 0.25) is 5.91 Å². The molecule has 26 heavy (non-hydrogen) atoms. The molecule has 134 valence electrons. The van der Waals surface area contributed by atoms with Gasteiger partial charge < -0.3 is 14.8 Å². The van der Waals surface area contributed by atoms with Gasteiger partial charge in [0, 0.05) is 13.6 Å². The van der Waals surface area contributed by atoms with Gasteiger partial charge in [0.15, 0.2) is 0 Å². The normalized spacial score (nSPS) is 17.0. The summed E-state index contributed by atoms with van der Waals surface area (Å²) in [5, 5.41) is 4.84. The Balaban J connectivity index is 1.45. The lowest BCUT2D eigenvalue weighted by molar-refractivity contribution is -0.125. The molecule has 0 saturated carbocycles. The number of hydrogen-bond donors (Lipinski definition) is 1. The summed E-state index contributed by atoms with van der Waals surface area (Å²) in [7, 11) is 1.94. The van der Waals surface area contributed by atoms with Crippen LogP contribution in [0, 0.1) is 0 Å². The molecule has 3 heterocycles. The molecule has 6 nitrogen and oxygen atoms in total. The number of benzene rings is 1. The maximum Gasteiger partial charge on any atom is 0.264 e. The van der Waals surface area contributed by atoms with E-state index in [9.17, 15) is 9.59 Å². The second kappa shape index (κ2) is 6.92. The second-order valence-electron chi connectivity index (χ2n) is 6.43. The molecule has 1 fully saturated rings. The smallest absolute Gasteiger partial charge is 0.264 e. The van der Waals surface area contributed by atoms with Gasteiger partial charge in [-0.15, -0.1) is 11.3 Å². The van der Waals surface area contributed by atoms with Crippen LogP contribution < -0.4 is 5.32 Å². The molecule has 1 saturated heterocycles. The Hall–Kier alpha value is -2.67. The van der Waals surface area contributed by atoms with Crippen LogP contribution in [0.4, 0.5) is 0 Å². The maximum absolute atomic E-state index is 12.7. The van der Waals surface area contributed by atoms with Crippen molar-refractivity contribution in [3.63, 3.8) is 0 Å². The number of imidazole rings is 1. The topological polar surface area (TPSA) is 67.2 Å². The number of carbonyl (C=O) groups is 2. The van der Waals surface area contributed by atoms with Crippen molar-refractivity contribution in [1.82, 2.24) is 19.8 Å². The number of para-hydroxylation sites is 2. The largest absolute Gasteiger partial charge is 0.347 e. The standard InChI is InChI=1S/C19H20N4O2S/c1-22-14-7-3-2-6-13(14)21-17(22)12-20-18(24)15-8-4-10-23(15)19(25)16-9-5-11-26-16/h2-3,5-7,9,11,15H,4,8,10,12H2,1H3,(H,20,24). The number of amides is 2. The first-order valence-corrected chi connectivity index (χ1v) is 9.55. The minimum atomic E-state index is -0.403. The van der Waals surface area contributed by atoms with Gasteiger partial charge in [-0.1, -0.05) is 18.2 Å². The van der Waals surface area contributed by atoms with E-state index in [0.717, 1.165) is 23.3 Å². The van der Waals surface area contributed by atoms with E-state index in [1.165, 1.54) is 11.3 Å². The van der Waals surface area contributed by atoms with Gasteiger partial charge in [-0.3, -0.25) is 9.59 Å². The molecular weight excluding hydrogens is 348 g/mol. The molecule has 0 spiro atoms. The van der Waals surface area contributed by atoms with Crippen LogP contribution in [0.15, 0.2) is 41.8 Å². The second-order valence-corrected chi connectivity index (χ2v) is 7.38. The number of carbonyl (C=O) groups excluding carboxylic acids is 2. The molecule has 2 aromatic heterocycles. The van der Waals surface area contributed by atoms with Crippen molar-refractivity contribution in [1.29, 1.82) is 0 Å². The number of nitrogens with zero attached hydrogens (tertiary/aromatic N) is 3. The number of likely N-dealkylation sites (tertiary alicyclic amines) is 1. The zero-order valence-electron chi connectivity index (χ0n) is 14.5. The van der Waals surface area contributed by atoms with Crippen LogP contribution in [0.1, 0.15) is 28.3 Å². The molecule has 1 atom stereocenters. The van der Waals surface area contributed by atoms with E-state index < -0.39 is 6.04 Å². The number of fused-ring (bicyclic) bond motifs is 1. The van der Waals surface area contributed by atoms with Crippen molar-refractivity contribution in [2.75, 3.05) is 6.54 Å². The summed E-state index contributed by atoms with van der Waals surface area (Å²) in [5.74, 6) is 0.633. The first-order chi connectivity index (χ1) is 12.6. The van der Waals surface area contributed by atoms with Crippen LogP contribution in [0.2, 0.25) is 0 Å². The summed E-state index contributed by atoms with van der Waals surface area (Å²) < 4.78 is 1.98. The molecule has 1 aliphatic heterocycles. The number of nitrogens with one attached hydrogen (secondary N) is 1. The van der Waals surface area contributed by atoms with E-state index in [1.54, 1.807) is 11.0 Å². The summed E-state index contributed by atoms with van der Waals surface area (Å²) in [5.41, 5.74) is 1.95. The van der Waals surface area contributed by atoms with Gasteiger partial charge in [-0.25, -0.2) is 4.98 Å². The molecule has 1 aromatic carbocycles. The van der Waals surface area contributed by atoms with Crippen molar-refractivity contribution in [3.05, 3.63) is 52.5 Å². The van der Waals surface area contributed by atoms with Gasteiger partial charge in [-0.2, -0.15) is 0 Å². The molecule has 1 N–H and O–H groups in total. The minimum Gasteiger partial charge on any atom is -0.347 e. The highest BCUT2D eigenvalue weighted by molar-refractivity contribution is 7.12. The van der Waals surface area contributed by atoms with E-state index in [4.69, 9.17) is 0 Å². The first-order valence-electron chi connectivity index (χ1n) is 8.67. The summed E-state index contributed by atoms with van der Waals surface area (Å²) in [6.07, 6.45) is 1.55. The maximum atomic E-state index is 12.7. The summed E-state index contributed by atoms with van der Waals surface area (Å²) in [6, 6.07) is 11.1. The van der Waals surface area contributed by atoms with Gasteiger partial charge in [-0.05, 0) is 36.4 Å². The average molecular weight is 368 g/mol. The van der Waals surface area contributed by atoms with Gasteiger partial charge in [0.25, 0.3) is 5.91 Å². The molecule has 0 aliphatic carbocycles. The Bertz CT molecular complexity index is 948. The van der Waals surface area contributed by atoms with Gasteiger partial charge in [0.05, 0.1) is 22.5 Å². The SMILES string of the molecule is Cn1c(CNC(=O)C2CCCN2C(=O)c2cccs2)nc2ccccc21. The van der Waals surface area contributed by atoms with Crippen molar-refractivity contribution >= 4 is 34.2 Å². The highest BCUT2D eigenvalue weighted by Gasteiger charge is 2.34. The van der Waals surface area contributed by atoms with E-state index >= 15 is 0 Å². The summed E-state index contributed by atoms with van der Waals surface area (Å²) in [6.45, 7) is 0.975. The Labute approximate surface area is 155 Å². The van der Waals surface area contributed by atoms with Crippen molar-refractivity contribution in [2.24, 2.45) is 7.05 Å². The van der Waals surface area contributed by atoms with Crippen molar-refractivity contribution in [2.45, 2.75) is 25.4 Å². The summed E-state index contributed by atoms with van der Waals surface area (Å²) >= 11 is 1.41. The predicted octanol–water partition coefficient (Wildman–Crippen LogP) is 2.56. The Morgan fingerprint density at radius 3 is 2.88 bits per heavy atom. The lowest BCUT2D eigenvalue weighted by Crippen LogP contribution is -2.45. The van der Waals surface area contributed by atoms with E-state index in [-0.39, 0.29) is 11.8 Å². The van der Waals surface area contributed by atoms with Crippen LogP contribution in [-0.4, -0.2) is 38.9 Å². The monoisotopic (exact) mass is 368 g/mol. The number of rotatable bonds is 4. The fourth-order valence-electron chi connectivity index (χ4n) is 3.46. The molecule has 0 bridgehead atoms. The molecule has 3 aromatic rings. The first kappa shape index (κ1) is 16.8. The predicted molar refractivity (Wildman–Crippen MR) is 101 cm³/mol. The highest BCUT2D eigenvalue weighted by Crippen LogP contribution is 2.22. The lowest BCUT2D eigenvalue weighted by atomic mass is 10.2. The number of aryl methyl sites for hydroxylation is 1. The van der Waals surface area contributed by atoms with Crippen molar-refractivity contribution < 1.29 is 9.59 Å². The molecule has 2 amide bonds. The third-order valence-corrected chi connectivity index (χ3v) is 5.71. The van der Waals surface area contributed by atoms with E-state index in [2.05, 4.69) is 10.3 Å².